The minimum Gasteiger partial charge on any atom is -0.326 e. The van der Waals surface area contributed by atoms with Crippen molar-refractivity contribution in [1.29, 1.82) is 0 Å². The van der Waals surface area contributed by atoms with Crippen LogP contribution in [0.15, 0.2) is 12.4 Å². The molecule has 1 heterocycles. The lowest BCUT2D eigenvalue weighted by atomic mass is 10.1. The van der Waals surface area contributed by atoms with Crippen molar-refractivity contribution in [3.8, 4) is 0 Å². The highest BCUT2D eigenvalue weighted by molar-refractivity contribution is 5.85. The van der Waals surface area contributed by atoms with Gasteiger partial charge in [0.2, 0.25) is 0 Å². The van der Waals surface area contributed by atoms with Gasteiger partial charge in [0.05, 0.1) is 11.7 Å². The molecule has 1 unspecified atom stereocenters. The van der Waals surface area contributed by atoms with Gasteiger partial charge in [-0.3, -0.25) is 0 Å². The number of halogens is 2. The van der Waals surface area contributed by atoms with Gasteiger partial charge in [-0.05, 0) is 19.8 Å². The monoisotopic (exact) mass is 224 g/mol. The maximum absolute atomic E-state index is 5.84. The lowest BCUT2D eigenvalue weighted by Gasteiger charge is -2.18. The van der Waals surface area contributed by atoms with Gasteiger partial charge in [0.1, 0.15) is 0 Å². The van der Waals surface area contributed by atoms with Crippen LogP contribution in [0, 0.1) is 0 Å². The smallest absolute Gasteiger partial charge is 0.0794 e. The van der Waals surface area contributed by atoms with Crippen LogP contribution in [-0.2, 0) is 5.54 Å². The zero-order chi connectivity index (χ0) is 7.90. The number of hydrogen-bond acceptors (Lipinski definition) is 3. The van der Waals surface area contributed by atoms with Crippen molar-refractivity contribution < 1.29 is 0 Å². The van der Waals surface area contributed by atoms with E-state index >= 15 is 0 Å². The first-order valence-electron chi connectivity index (χ1n) is 3.88. The van der Waals surface area contributed by atoms with Crippen molar-refractivity contribution in [3.63, 3.8) is 0 Å². The third-order valence-corrected chi connectivity index (χ3v) is 2.49. The normalized spacial score (nSPS) is 19.5. The van der Waals surface area contributed by atoms with Gasteiger partial charge in [-0.25, -0.2) is 4.68 Å². The van der Waals surface area contributed by atoms with Crippen LogP contribution in [0.25, 0.3) is 0 Å². The van der Waals surface area contributed by atoms with Gasteiger partial charge in [0.15, 0.2) is 0 Å². The van der Waals surface area contributed by atoms with E-state index in [0.717, 1.165) is 12.8 Å². The first kappa shape index (κ1) is 12.7. The zero-order valence-electron chi connectivity index (χ0n) is 7.38. The molecule has 2 N–H and O–H groups in total. The number of hydrogen-bond donors (Lipinski definition) is 1. The van der Waals surface area contributed by atoms with Crippen molar-refractivity contribution in [2.45, 2.75) is 31.3 Å². The van der Waals surface area contributed by atoms with Crippen molar-refractivity contribution in [1.82, 2.24) is 15.0 Å². The Morgan fingerprint density at radius 1 is 1.46 bits per heavy atom. The van der Waals surface area contributed by atoms with Crippen molar-refractivity contribution >= 4 is 24.8 Å². The topological polar surface area (TPSA) is 56.7 Å². The third-order valence-electron chi connectivity index (χ3n) is 2.49. The lowest BCUT2D eigenvalue weighted by Crippen LogP contribution is -2.37. The molecular formula is C7H14Cl2N4. The molecule has 1 aromatic heterocycles. The summed E-state index contributed by atoms with van der Waals surface area (Å²) in [6, 6.07) is 0.171. The summed E-state index contributed by atoms with van der Waals surface area (Å²) in [5.74, 6) is 0. The second kappa shape index (κ2) is 4.26. The molecule has 1 atom stereocenters. The largest absolute Gasteiger partial charge is 0.326 e. The fourth-order valence-corrected chi connectivity index (χ4v) is 1.47. The third kappa shape index (κ3) is 1.95. The fourth-order valence-electron chi connectivity index (χ4n) is 1.47. The Balaban J connectivity index is 0.000000720. The van der Waals surface area contributed by atoms with E-state index in [9.17, 15) is 0 Å². The van der Waals surface area contributed by atoms with Crippen LogP contribution in [0.3, 0.4) is 0 Å². The molecule has 76 valence electrons. The average molecular weight is 225 g/mol. The minimum atomic E-state index is 0. The highest BCUT2D eigenvalue weighted by atomic mass is 35.5. The molecule has 0 spiro atoms. The first-order valence-corrected chi connectivity index (χ1v) is 3.88. The minimum absolute atomic E-state index is 0. The second-order valence-corrected chi connectivity index (χ2v) is 3.24. The lowest BCUT2D eigenvalue weighted by molar-refractivity contribution is 0.361. The molecule has 0 amide bonds. The fraction of sp³-hybridized carbons (Fsp3) is 0.714. The summed E-state index contributed by atoms with van der Waals surface area (Å²) < 4.78 is 1.89. The van der Waals surface area contributed by atoms with E-state index in [4.69, 9.17) is 5.73 Å². The molecule has 1 saturated carbocycles. The molecule has 4 nitrogen and oxygen atoms in total. The summed E-state index contributed by atoms with van der Waals surface area (Å²) in [7, 11) is 0. The van der Waals surface area contributed by atoms with E-state index in [2.05, 4.69) is 10.3 Å². The van der Waals surface area contributed by atoms with Gasteiger partial charge in [0.25, 0.3) is 0 Å². The molecule has 0 saturated heterocycles. The molecule has 1 aliphatic rings. The standard InChI is InChI=1S/C7H12N4.2ClH/c1-6(8)7(2-3-7)11-5-4-9-10-11;;/h4-6H,2-3,8H2,1H3;2*1H. The number of nitrogens with two attached hydrogens (primary N) is 1. The number of rotatable bonds is 2. The maximum Gasteiger partial charge on any atom is 0.0794 e. The summed E-state index contributed by atoms with van der Waals surface area (Å²) in [6.45, 7) is 2.02. The van der Waals surface area contributed by atoms with E-state index in [0.29, 0.717) is 0 Å². The first-order chi connectivity index (χ1) is 5.26. The van der Waals surface area contributed by atoms with E-state index in [1.165, 1.54) is 0 Å². The SMILES string of the molecule is CC(N)C1(n2ccnn2)CC1.Cl.Cl. The highest BCUT2D eigenvalue weighted by Gasteiger charge is 2.48. The van der Waals surface area contributed by atoms with Gasteiger partial charge in [-0.2, -0.15) is 0 Å². The van der Waals surface area contributed by atoms with Gasteiger partial charge < -0.3 is 5.73 Å². The Kier molecular flexibility index (Phi) is 4.16. The predicted molar refractivity (Wildman–Crippen MR) is 55.4 cm³/mol. The molecular weight excluding hydrogens is 211 g/mol. The number of nitrogens with zero attached hydrogens (tertiary/aromatic N) is 3. The zero-order valence-corrected chi connectivity index (χ0v) is 9.01. The Morgan fingerprint density at radius 2 is 2.08 bits per heavy atom. The predicted octanol–water partition coefficient (Wildman–Crippen LogP) is 0.958. The summed E-state index contributed by atoms with van der Waals surface area (Å²) in [4.78, 5) is 0. The van der Waals surface area contributed by atoms with Crippen LogP contribution in [0.1, 0.15) is 19.8 Å². The molecule has 2 rings (SSSR count). The van der Waals surface area contributed by atoms with Crippen LogP contribution >= 0.6 is 24.8 Å². The van der Waals surface area contributed by atoms with Crippen LogP contribution in [0.2, 0.25) is 0 Å². The quantitative estimate of drug-likeness (QED) is 0.815. The molecule has 0 bridgehead atoms. The average Bonchev–Trinajstić information content (AvgIpc) is 2.61. The summed E-state index contributed by atoms with van der Waals surface area (Å²) in [6.07, 6.45) is 5.85. The molecule has 0 radical (unpaired) electrons. The molecule has 1 aromatic rings. The van der Waals surface area contributed by atoms with Crippen molar-refractivity contribution in [2.75, 3.05) is 0 Å². The van der Waals surface area contributed by atoms with Crippen LogP contribution < -0.4 is 5.73 Å². The van der Waals surface area contributed by atoms with Crippen molar-refractivity contribution in [3.05, 3.63) is 12.4 Å². The van der Waals surface area contributed by atoms with Gasteiger partial charge >= 0.3 is 0 Å². The number of aromatic nitrogens is 3. The highest BCUT2D eigenvalue weighted by Crippen LogP contribution is 2.44. The van der Waals surface area contributed by atoms with Gasteiger partial charge in [-0.1, -0.05) is 5.21 Å². The van der Waals surface area contributed by atoms with Crippen LogP contribution in [-0.4, -0.2) is 21.0 Å². The van der Waals surface area contributed by atoms with Gasteiger partial charge in [-0.15, -0.1) is 29.9 Å². The molecule has 0 aliphatic heterocycles. The molecule has 0 aromatic carbocycles. The molecule has 13 heavy (non-hydrogen) atoms. The Morgan fingerprint density at radius 3 is 2.38 bits per heavy atom. The Bertz CT molecular complexity index is 243. The van der Waals surface area contributed by atoms with Crippen LogP contribution in [0.5, 0.6) is 0 Å². The summed E-state index contributed by atoms with van der Waals surface area (Å²) in [5, 5.41) is 7.73. The van der Waals surface area contributed by atoms with E-state index in [1.807, 2.05) is 17.8 Å². The van der Waals surface area contributed by atoms with E-state index in [1.54, 1.807) is 6.20 Å². The summed E-state index contributed by atoms with van der Waals surface area (Å²) >= 11 is 0. The molecule has 1 aliphatic carbocycles. The molecule has 1 fully saturated rings. The van der Waals surface area contributed by atoms with Crippen molar-refractivity contribution in [2.24, 2.45) is 5.73 Å². The Labute approximate surface area is 89.7 Å². The van der Waals surface area contributed by atoms with E-state index in [-0.39, 0.29) is 36.4 Å². The molecule has 6 heteroatoms. The Hall–Kier alpha value is -0.320. The van der Waals surface area contributed by atoms with E-state index < -0.39 is 0 Å². The summed E-state index contributed by atoms with van der Waals surface area (Å²) in [5.41, 5.74) is 5.93. The van der Waals surface area contributed by atoms with Crippen LogP contribution in [0.4, 0.5) is 0 Å². The second-order valence-electron chi connectivity index (χ2n) is 3.24. The maximum atomic E-state index is 5.84. The van der Waals surface area contributed by atoms with Gasteiger partial charge in [0, 0.05) is 12.2 Å².